The Hall–Kier alpha value is -3.22. The molecule has 0 spiro atoms. The fourth-order valence-electron chi connectivity index (χ4n) is 2.53. The molecule has 0 fully saturated rings. The van der Waals surface area contributed by atoms with Crippen molar-refractivity contribution in [1.82, 2.24) is 5.43 Å². The summed E-state index contributed by atoms with van der Waals surface area (Å²) in [7, 11) is 0. The van der Waals surface area contributed by atoms with E-state index in [0.717, 1.165) is 10.6 Å². The first-order chi connectivity index (χ1) is 13.9. The summed E-state index contributed by atoms with van der Waals surface area (Å²) >= 11 is 12.2. The standard InChI is InChI=1S/C21H17Cl2N3O3/c22-15-7-4-8-16(11-15)26(21(24)28)25-20(27)18-10-9-17(12-19(18)23)29-13-14-5-2-1-3-6-14/h1-12H,13H2,(H2,24,28)(H,25,27). The van der Waals surface area contributed by atoms with Gasteiger partial charge in [0.25, 0.3) is 5.91 Å². The lowest BCUT2D eigenvalue weighted by Gasteiger charge is -2.21. The van der Waals surface area contributed by atoms with E-state index in [9.17, 15) is 9.59 Å². The molecule has 0 aliphatic heterocycles. The molecule has 0 aromatic heterocycles. The van der Waals surface area contributed by atoms with E-state index in [1.807, 2.05) is 30.3 Å². The third-order valence-electron chi connectivity index (χ3n) is 3.93. The van der Waals surface area contributed by atoms with Crippen LogP contribution < -0.4 is 20.9 Å². The van der Waals surface area contributed by atoms with Gasteiger partial charge in [0.05, 0.1) is 16.3 Å². The lowest BCUT2D eigenvalue weighted by atomic mass is 10.2. The summed E-state index contributed by atoms with van der Waals surface area (Å²) in [5, 5.41) is 1.45. The van der Waals surface area contributed by atoms with E-state index in [4.69, 9.17) is 33.7 Å². The highest BCUT2D eigenvalue weighted by atomic mass is 35.5. The number of nitrogens with zero attached hydrogens (tertiary/aromatic N) is 1. The number of primary amides is 1. The van der Waals surface area contributed by atoms with Crippen molar-refractivity contribution in [1.29, 1.82) is 0 Å². The molecule has 0 heterocycles. The molecular weight excluding hydrogens is 413 g/mol. The minimum Gasteiger partial charge on any atom is -0.489 e. The summed E-state index contributed by atoms with van der Waals surface area (Å²) in [6.07, 6.45) is 0. The Balaban J connectivity index is 1.72. The van der Waals surface area contributed by atoms with Gasteiger partial charge < -0.3 is 10.5 Å². The summed E-state index contributed by atoms with van der Waals surface area (Å²) in [4.78, 5) is 24.4. The molecule has 0 saturated heterocycles. The molecule has 0 radical (unpaired) electrons. The molecule has 0 unspecified atom stereocenters. The Morgan fingerprint density at radius 3 is 2.38 bits per heavy atom. The molecule has 3 aromatic rings. The molecule has 6 nitrogen and oxygen atoms in total. The van der Waals surface area contributed by atoms with Crippen LogP contribution in [0.25, 0.3) is 0 Å². The summed E-state index contributed by atoms with van der Waals surface area (Å²) in [5.41, 5.74) is 9.29. The van der Waals surface area contributed by atoms with Crippen molar-refractivity contribution < 1.29 is 14.3 Å². The first-order valence-corrected chi connectivity index (χ1v) is 9.32. The zero-order valence-electron chi connectivity index (χ0n) is 15.1. The third kappa shape index (κ3) is 5.40. The number of hydrogen-bond acceptors (Lipinski definition) is 3. The lowest BCUT2D eigenvalue weighted by molar-refractivity contribution is 0.0951. The monoisotopic (exact) mass is 429 g/mol. The van der Waals surface area contributed by atoms with Crippen molar-refractivity contribution >= 4 is 40.8 Å². The predicted molar refractivity (Wildman–Crippen MR) is 113 cm³/mol. The normalized spacial score (nSPS) is 10.3. The Kier molecular flexibility index (Phi) is 6.59. The van der Waals surface area contributed by atoms with Crippen LogP contribution in [0, 0.1) is 0 Å². The molecule has 29 heavy (non-hydrogen) atoms. The predicted octanol–water partition coefficient (Wildman–Crippen LogP) is 4.80. The van der Waals surface area contributed by atoms with Gasteiger partial charge in [0, 0.05) is 5.02 Å². The van der Waals surface area contributed by atoms with Crippen LogP contribution in [0.3, 0.4) is 0 Å². The maximum absolute atomic E-state index is 12.6. The van der Waals surface area contributed by atoms with Crippen molar-refractivity contribution in [3.63, 3.8) is 0 Å². The second kappa shape index (κ2) is 9.32. The van der Waals surface area contributed by atoms with Gasteiger partial charge in [0.2, 0.25) is 0 Å². The zero-order chi connectivity index (χ0) is 20.8. The maximum atomic E-state index is 12.6. The van der Waals surface area contributed by atoms with Crippen LogP contribution in [-0.4, -0.2) is 11.9 Å². The number of nitrogens with two attached hydrogens (primary N) is 1. The van der Waals surface area contributed by atoms with Gasteiger partial charge >= 0.3 is 6.03 Å². The SMILES string of the molecule is NC(=O)N(NC(=O)c1ccc(OCc2ccccc2)cc1Cl)c1cccc(Cl)c1. The Morgan fingerprint density at radius 1 is 0.966 bits per heavy atom. The van der Waals surface area contributed by atoms with Gasteiger partial charge in [-0.15, -0.1) is 0 Å². The van der Waals surface area contributed by atoms with Crippen LogP contribution in [-0.2, 0) is 6.61 Å². The minimum absolute atomic E-state index is 0.159. The van der Waals surface area contributed by atoms with Crippen molar-refractivity contribution in [2.45, 2.75) is 6.61 Å². The molecule has 3 amide bonds. The van der Waals surface area contributed by atoms with E-state index in [1.165, 1.54) is 18.2 Å². The fourth-order valence-corrected chi connectivity index (χ4v) is 2.98. The quantitative estimate of drug-likeness (QED) is 0.571. The molecule has 0 atom stereocenters. The van der Waals surface area contributed by atoms with Gasteiger partial charge in [-0.25, -0.2) is 9.80 Å². The molecule has 0 bridgehead atoms. The summed E-state index contributed by atoms with van der Waals surface area (Å²) in [6, 6.07) is 19.8. The number of rotatable bonds is 5. The fraction of sp³-hybridized carbons (Fsp3) is 0.0476. The Morgan fingerprint density at radius 2 is 1.72 bits per heavy atom. The average Bonchev–Trinajstić information content (AvgIpc) is 2.71. The summed E-state index contributed by atoms with van der Waals surface area (Å²) < 4.78 is 5.69. The van der Waals surface area contributed by atoms with Crippen molar-refractivity contribution in [2.24, 2.45) is 5.73 Å². The highest BCUT2D eigenvalue weighted by Crippen LogP contribution is 2.24. The van der Waals surface area contributed by atoms with Gasteiger partial charge in [-0.3, -0.25) is 10.2 Å². The molecule has 3 N–H and O–H groups in total. The molecule has 3 aromatic carbocycles. The highest BCUT2D eigenvalue weighted by molar-refractivity contribution is 6.34. The van der Waals surface area contributed by atoms with E-state index in [1.54, 1.807) is 24.3 Å². The molecule has 3 rings (SSSR count). The van der Waals surface area contributed by atoms with Crippen LogP contribution in [0.4, 0.5) is 10.5 Å². The van der Waals surface area contributed by atoms with Crippen LogP contribution in [0.5, 0.6) is 5.75 Å². The van der Waals surface area contributed by atoms with Crippen LogP contribution in [0.2, 0.25) is 10.0 Å². The number of carbonyl (C=O) groups excluding carboxylic acids is 2. The van der Waals surface area contributed by atoms with Crippen molar-refractivity contribution in [3.8, 4) is 5.75 Å². The van der Waals surface area contributed by atoms with Gasteiger partial charge in [-0.05, 0) is 42.0 Å². The number of amides is 3. The Labute approximate surface area is 177 Å². The van der Waals surface area contributed by atoms with Crippen LogP contribution >= 0.6 is 23.2 Å². The smallest absolute Gasteiger partial charge is 0.338 e. The van der Waals surface area contributed by atoms with Crippen LogP contribution in [0.15, 0.2) is 72.8 Å². The van der Waals surface area contributed by atoms with Crippen molar-refractivity contribution in [2.75, 3.05) is 5.01 Å². The van der Waals surface area contributed by atoms with Crippen LogP contribution in [0.1, 0.15) is 15.9 Å². The number of urea groups is 1. The van der Waals surface area contributed by atoms with Gasteiger partial charge in [0.1, 0.15) is 12.4 Å². The third-order valence-corrected chi connectivity index (χ3v) is 4.48. The summed E-state index contributed by atoms with van der Waals surface area (Å²) in [5.74, 6) is -0.0969. The van der Waals surface area contributed by atoms with Gasteiger partial charge in [-0.1, -0.05) is 59.6 Å². The minimum atomic E-state index is -0.875. The van der Waals surface area contributed by atoms with Crippen molar-refractivity contribution in [3.05, 3.63) is 94.0 Å². The van der Waals surface area contributed by atoms with E-state index in [2.05, 4.69) is 5.43 Å². The molecular formula is C21H17Cl2N3O3. The second-order valence-corrected chi connectivity index (χ2v) is 6.85. The van der Waals surface area contributed by atoms with E-state index in [-0.39, 0.29) is 10.6 Å². The Bertz CT molecular complexity index is 1030. The molecule has 8 heteroatoms. The first kappa shape index (κ1) is 20.5. The topological polar surface area (TPSA) is 84.7 Å². The molecule has 148 valence electrons. The number of benzene rings is 3. The number of anilines is 1. The number of hydrogen-bond donors (Lipinski definition) is 2. The number of halogens is 2. The van der Waals surface area contributed by atoms with E-state index >= 15 is 0 Å². The highest BCUT2D eigenvalue weighted by Gasteiger charge is 2.19. The molecule has 0 aliphatic carbocycles. The molecule has 0 saturated carbocycles. The second-order valence-electron chi connectivity index (χ2n) is 6.01. The molecule has 0 aliphatic rings. The lowest BCUT2D eigenvalue weighted by Crippen LogP contribution is -2.49. The van der Waals surface area contributed by atoms with E-state index in [0.29, 0.717) is 23.1 Å². The number of nitrogens with one attached hydrogen (secondary N) is 1. The van der Waals surface area contributed by atoms with Gasteiger partial charge in [-0.2, -0.15) is 0 Å². The maximum Gasteiger partial charge on any atom is 0.338 e. The number of carbonyl (C=O) groups is 2. The zero-order valence-corrected chi connectivity index (χ0v) is 16.7. The average molecular weight is 430 g/mol. The van der Waals surface area contributed by atoms with Gasteiger partial charge in [0.15, 0.2) is 0 Å². The first-order valence-electron chi connectivity index (χ1n) is 8.56. The largest absolute Gasteiger partial charge is 0.489 e. The number of hydrazine groups is 1. The van der Waals surface area contributed by atoms with E-state index < -0.39 is 11.9 Å². The number of ether oxygens (including phenoxy) is 1. The summed E-state index contributed by atoms with van der Waals surface area (Å²) in [6.45, 7) is 0.368.